The van der Waals surface area contributed by atoms with Crippen LogP contribution in [-0.4, -0.2) is 30.3 Å². The zero-order valence-electron chi connectivity index (χ0n) is 16.9. The Labute approximate surface area is 169 Å². The fourth-order valence-corrected chi connectivity index (χ4v) is 2.50. The smallest absolute Gasteiger partial charge is 0.338 e. The highest BCUT2D eigenvalue weighted by molar-refractivity contribution is 6.05. The van der Waals surface area contributed by atoms with E-state index in [0.717, 1.165) is 5.56 Å². The molecule has 2 aromatic rings. The average Bonchev–Trinajstić information content (AvgIpc) is 2.65. The predicted molar refractivity (Wildman–Crippen MR) is 109 cm³/mol. The first-order valence-electron chi connectivity index (χ1n) is 9.06. The number of esters is 1. The quantitative estimate of drug-likeness (QED) is 0.757. The van der Waals surface area contributed by atoms with Crippen LogP contribution >= 0.6 is 0 Å². The molecule has 0 aliphatic carbocycles. The standard InChI is InChI=1S/C22H24N2O5/c1-14(25)23-18-7-5-6-16(12-18)21(28)29-13-19(26)24-20(27)15-8-10-17(11-9-15)22(2,3)4/h5-12H,13H2,1-4H3,(H,23,25)(H,24,26,27). The molecule has 2 N–H and O–H groups in total. The fourth-order valence-electron chi connectivity index (χ4n) is 2.50. The highest BCUT2D eigenvalue weighted by atomic mass is 16.5. The topological polar surface area (TPSA) is 102 Å². The average molecular weight is 396 g/mol. The summed E-state index contributed by atoms with van der Waals surface area (Å²) in [5.41, 5.74) is 1.96. The SMILES string of the molecule is CC(=O)Nc1cccc(C(=O)OCC(=O)NC(=O)c2ccc(C(C)(C)C)cc2)c1. The molecule has 0 aliphatic heterocycles. The van der Waals surface area contributed by atoms with Crippen LogP contribution in [0.1, 0.15) is 54.0 Å². The lowest BCUT2D eigenvalue weighted by Gasteiger charge is -2.19. The first kappa shape index (κ1) is 21.8. The van der Waals surface area contributed by atoms with Crippen LogP contribution in [0.2, 0.25) is 0 Å². The minimum atomic E-state index is -0.741. The van der Waals surface area contributed by atoms with Crippen LogP contribution in [0.4, 0.5) is 5.69 Å². The second kappa shape index (κ2) is 9.14. The highest BCUT2D eigenvalue weighted by Gasteiger charge is 2.16. The Kier molecular flexibility index (Phi) is 6.88. The Morgan fingerprint density at radius 2 is 1.59 bits per heavy atom. The summed E-state index contributed by atoms with van der Waals surface area (Å²) >= 11 is 0. The second-order valence-corrected chi connectivity index (χ2v) is 7.54. The normalized spacial score (nSPS) is 10.8. The van der Waals surface area contributed by atoms with Crippen molar-refractivity contribution < 1.29 is 23.9 Å². The van der Waals surface area contributed by atoms with Gasteiger partial charge in [-0.1, -0.05) is 39.0 Å². The minimum absolute atomic E-state index is 0.0454. The van der Waals surface area contributed by atoms with Crippen molar-refractivity contribution in [2.24, 2.45) is 0 Å². The summed E-state index contributed by atoms with van der Waals surface area (Å²) in [6.45, 7) is 6.93. The van der Waals surface area contributed by atoms with E-state index in [1.54, 1.807) is 24.3 Å². The van der Waals surface area contributed by atoms with Crippen molar-refractivity contribution in [3.63, 3.8) is 0 Å². The van der Waals surface area contributed by atoms with Crippen molar-refractivity contribution >= 4 is 29.4 Å². The number of ether oxygens (including phenoxy) is 1. The van der Waals surface area contributed by atoms with Gasteiger partial charge in [0.1, 0.15) is 0 Å². The van der Waals surface area contributed by atoms with E-state index in [1.807, 2.05) is 12.1 Å². The maximum absolute atomic E-state index is 12.2. The van der Waals surface area contributed by atoms with Crippen LogP contribution in [0.15, 0.2) is 48.5 Å². The van der Waals surface area contributed by atoms with Crippen LogP contribution in [-0.2, 0) is 19.7 Å². The molecule has 152 valence electrons. The highest BCUT2D eigenvalue weighted by Crippen LogP contribution is 2.22. The zero-order valence-corrected chi connectivity index (χ0v) is 16.9. The molecule has 0 heterocycles. The van der Waals surface area contributed by atoms with Gasteiger partial charge in [0.05, 0.1) is 5.56 Å². The number of imide groups is 1. The third-order valence-electron chi connectivity index (χ3n) is 4.02. The molecule has 2 rings (SSSR count). The number of hydrogen-bond donors (Lipinski definition) is 2. The molecule has 0 spiro atoms. The van der Waals surface area contributed by atoms with Crippen molar-refractivity contribution in [2.45, 2.75) is 33.1 Å². The monoisotopic (exact) mass is 396 g/mol. The Hall–Kier alpha value is -3.48. The molecule has 0 fully saturated rings. The maximum atomic E-state index is 12.2. The van der Waals surface area contributed by atoms with Gasteiger partial charge in [0.25, 0.3) is 11.8 Å². The molecule has 0 radical (unpaired) electrons. The molecule has 0 saturated heterocycles. The molecule has 0 saturated carbocycles. The first-order chi connectivity index (χ1) is 13.6. The molecular formula is C22H24N2O5. The van der Waals surface area contributed by atoms with E-state index in [-0.39, 0.29) is 16.9 Å². The van der Waals surface area contributed by atoms with Crippen molar-refractivity contribution in [2.75, 3.05) is 11.9 Å². The number of nitrogens with one attached hydrogen (secondary N) is 2. The largest absolute Gasteiger partial charge is 0.452 e. The number of hydrogen-bond acceptors (Lipinski definition) is 5. The summed E-state index contributed by atoms with van der Waals surface area (Å²) in [6, 6.07) is 13.1. The van der Waals surface area contributed by atoms with Crippen LogP contribution in [0.25, 0.3) is 0 Å². The van der Waals surface area contributed by atoms with Gasteiger partial charge in [0.2, 0.25) is 5.91 Å². The Bertz CT molecular complexity index is 927. The molecule has 0 aliphatic rings. The van der Waals surface area contributed by atoms with E-state index in [4.69, 9.17) is 4.74 Å². The second-order valence-electron chi connectivity index (χ2n) is 7.54. The summed E-state index contributed by atoms with van der Waals surface area (Å²) in [5, 5.41) is 4.74. The number of rotatable bonds is 5. The van der Waals surface area contributed by atoms with Gasteiger partial charge < -0.3 is 10.1 Å². The van der Waals surface area contributed by atoms with Crippen LogP contribution in [0, 0.1) is 0 Å². The third kappa shape index (κ3) is 6.57. The summed E-state index contributed by atoms with van der Waals surface area (Å²) in [5.74, 6) is -2.32. The molecule has 0 aromatic heterocycles. The van der Waals surface area contributed by atoms with Gasteiger partial charge in [-0.05, 0) is 41.3 Å². The molecule has 0 unspecified atom stereocenters. The van der Waals surface area contributed by atoms with Gasteiger partial charge in [-0.3, -0.25) is 19.7 Å². The van der Waals surface area contributed by atoms with Crippen molar-refractivity contribution in [3.8, 4) is 0 Å². The lowest BCUT2D eigenvalue weighted by atomic mass is 9.87. The summed E-state index contributed by atoms with van der Waals surface area (Å²) in [7, 11) is 0. The van der Waals surface area contributed by atoms with E-state index < -0.39 is 24.4 Å². The van der Waals surface area contributed by atoms with Crippen LogP contribution in [0.3, 0.4) is 0 Å². The molecule has 29 heavy (non-hydrogen) atoms. The summed E-state index contributed by atoms with van der Waals surface area (Å²) < 4.78 is 4.93. The lowest BCUT2D eigenvalue weighted by molar-refractivity contribution is -0.123. The van der Waals surface area contributed by atoms with Crippen LogP contribution < -0.4 is 10.6 Å². The molecule has 3 amide bonds. The summed E-state index contributed by atoms with van der Waals surface area (Å²) in [6.07, 6.45) is 0. The van der Waals surface area contributed by atoms with Gasteiger partial charge in [-0.2, -0.15) is 0 Å². The number of carbonyl (C=O) groups is 4. The number of benzene rings is 2. The fraction of sp³-hybridized carbons (Fsp3) is 0.273. The molecule has 0 atom stereocenters. The van der Waals surface area contributed by atoms with E-state index >= 15 is 0 Å². The molecule has 2 aromatic carbocycles. The van der Waals surface area contributed by atoms with Crippen LogP contribution in [0.5, 0.6) is 0 Å². The molecule has 7 heteroatoms. The van der Waals surface area contributed by atoms with E-state index in [1.165, 1.54) is 19.1 Å². The summed E-state index contributed by atoms with van der Waals surface area (Å²) in [4.78, 5) is 47.3. The third-order valence-corrected chi connectivity index (χ3v) is 4.02. The Balaban J connectivity index is 1.90. The maximum Gasteiger partial charge on any atom is 0.338 e. The number of anilines is 1. The minimum Gasteiger partial charge on any atom is -0.452 e. The lowest BCUT2D eigenvalue weighted by Crippen LogP contribution is -2.34. The van der Waals surface area contributed by atoms with Gasteiger partial charge in [-0.15, -0.1) is 0 Å². The van der Waals surface area contributed by atoms with E-state index in [2.05, 4.69) is 31.4 Å². The van der Waals surface area contributed by atoms with Gasteiger partial charge in [0, 0.05) is 18.2 Å². The van der Waals surface area contributed by atoms with Crippen molar-refractivity contribution in [1.29, 1.82) is 0 Å². The molecular weight excluding hydrogens is 372 g/mol. The van der Waals surface area contributed by atoms with Crippen molar-refractivity contribution in [1.82, 2.24) is 5.32 Å². The van der Waals surface area contributed by atoms with Crippen molar-refractivity contribution in [3.05, 3.63) is 65.2 Å². The number of amides is 3. The van der Waals surface area contributed by atoms with E-state index in [9.17, 15) is 19.2 Å². The molecule has 7 nitrogen and oxygen atoms in total. The first-order valence-corrected chi connectivity index (χ1v) is 9.06. The number of carbonyl (C=O) groups excluding carboxylic acids is 4. The van der Waals surface area contributed by atoms with Gasteiger partial charge in [-0.25, -0.2) is 4.79 Å². The Morgan fingerprint density at radius 3 is 2.17 bits per heavy atom. The molecule has 0 bridgehead atoms. The van der Waals surface area contributed by atoms with E-state index in [0.29, 0.717) is 11.3 Å². The zero-order chi connectivity index (χ0) is 21.6. The van der Waals surface area contributed by atoms with Gasteiger partial charge >= 0.3 is 5.97 Å². The predicted octanol–water partition coefficient (Wildman–Crippen LogP) is 3.06. The van der Waals surface area contributed by atoms with Gasteiger partial charge in [0.15, 0.2) is 6.61 Å². The Morgan fingerprint density at radius 1 is 0.931 bits per heavy atom.